The lowest BCUT2D eigenvalue weighted by atomic mass is 9.81. The van der Waals surface area contributed by atoms with Gasteiger partial charge in [-0.3, -0.25) is 9.59 Å². The highest BCUT2D eigenvalue weighted by atomic mass is 16.5. The zero-order valence-electron chi connectivity index (χ0n) is 7.75. The van der Waals surface area contributed by atoms with Gasteiger partial charge in [0, 0.05) is 5.57 Å². The van der Waals surface area contributed by atoms with Crippen LogP contribution in [-0.2, 0) is 19.1 Å². The molecule has 0 radical (unpaired) electrons. The lowest BCUT2D eigenvalue weighted by molar-refractivity contribution is -0.162. The molecule has 4 nitrogen and oxygen atoms in total. The van der Waals surface area contributed by atoms with Crippen LogP contribution in [0.5, 0.6) is 0 Å². The molecule has 0 spiro atoms. The largest absolute Gasteiger partial charge is 0.468 e. The molecule has 0 aliphatic carbocycles. The minimum Gasteiger partial charge on any atom is -0.468 e. The second-order valence-electron chi connectivity index (χ2n) is 3.25. The number of carbonyl (C=O) groups is 2. The van der Waals surface area contributed by atoms with Crippen molar-refractivity contribution in [2.75, 3.05) is 20.3 Å². The molecular weight excluding hydrogens is 172 g/mol. The van der Waals surface area contributed by atoms with E-state index in [2.05, 4.69) is 11.3 Å². The number of Topliss-reactive ketones (excluding diaryl/α,β-unsaturated/α-hetero) is 1. The fourth-order valence-electron chi connectivity index (χ4n) is 1.28. The van der Waals surface area contributed by atoms with Gasteiger partial charge in [0.15, 0.2) is 11.2 Å². The third kappa shape index (κ3) is 1.49. The summed E-state index contributed by atoms with van der Waals surface area (Å²) in [6, 6.07) is 0. The van der Waals surface area contributed by atoms with Gasteiger partial charge in [-0.1, -0.05) is 6.58 Å². The Labute approximate surface area is 76.5 Å². The number of rotatable bonds is 1. The molecule has 1 heterocycles. The van der Waals surface area contributed by atoms with E-state index < -0.39 is 11.4 Å². The van der Waals surface area contributed by atoms with Crippen molar-refractivity contribution in [2.24, 2.45) is 5.41 Å². The number of hydrogen-bond donors (Lipinski definition) is 0. The molecule has 0 amide bonds. The van der Waals surface area contributed by atoms with E-state index in [1.54, 1.807) is 0 Å². The predicted octanol–water partition coefficient (Wildman–Crippen LogP) is 0.321. The smallest absolute Gasteiger partial charge is 0.321 e. The van der Waals surface area contributed by atoms with Crippen LogP contribution in [0.15, 0.2) is 12.2 Å². The van der Waals surface area contributed by atoms with Gasteiger partial charge in [0.25, 0.3) is 0 Å². The molecule has 0 aromatic heterocycles. The van der Waals surface area contributed by atoms with Gasteiger partial charge < -0.3 is 9.47 Å². The summed E-state index contributed by atoms with van der Waals surface area (Å²) in [5.74, 6) is -0.857. The Morgan fingerprint density at radius 2 is 2.31 bits per heavy atom. The molecule has 0 bridgehead atoms. The summed E-state index contributed by atoms with van der Waals surface area (Å²) in [5.41, 5.74) is -0.886. The molecule has 1 aliphatic rings. The standard InChI is InChI=1S/C9H12O4/c1-6-4-13-5-9(2,7(6)10)8(11)12-3/h1,4-5H2,2-3H3. The second kappa shape index (κ2) is 3.30. The van der Waals surface area contributed by atoms with Crippen LogP contribution in [0, 0.1) is 5.41 Å². The van der Waals surface area contributed by atoms with E-state index >= 15 is 0 Å². The normalized spacial score (nSPS) is 28.8. The summed E-state index contributed by atoms with van der Waals surface area (Å²) in [7, 11) is 1.25. The molecule has 0 N–H and O–H groups in total. The van der Waals surface area contributed by atoms with Gasteiger partial charge in [-0.2, -0.15) is 0 Å². The Morgan fingerprint density at radius 3 is 2.85 bits per heavy atom. The summed E-state index contributed by atoms with van der Waals surface area (Å²) >= 11 is 0. The van der Waals surface area contributed by atoms with Gasteiger partial charge in [0.1, 0.15) is 0 Å². The molecule has 1 rings (SSSR count). The molecule has 0 saturated carbocycles. The first-order chi connectivity index (χ1) is 6.02. The van der Waals surface area contributed by atoms with Crippen molar-refractivity contribution < 1.29 is 19.1 Å². The van der Waals surface area contributed by atoms with Crippen LogP contribution in [0.1, 0.15) is 6.92 Å². The molecule has 1 unspecified atom stereocenters. The van der Waals surface area contributed by atoms with Gasteiger partial charge in [-0.05, 0) is 6.92 Å². The van der Waals surface area contributed by atoms with E-state index in [1.807, 2.05) is 0 Å². The summed E-state index contributed by atoms with van der Waals surface area (Å²) < 4.78 is 9.60. The molecular formula is C9H12O4. The maximum absolute atomic E-state index is 11.6. The third-order valence-electron chi connectivity index (χ3n) is 2.13. The number of ether oxygens (including phenoxy) is 2. The van der Waals surface area contributed by atoms with Crippen LogP contribution in [0.25, 0.3) is 0 Å². The zero-order valence-corrected chi connectivity index (χ0v) is 7.75. The maximum Gasteiger partial charge on any atom is 0.321 e. The average molecular weight is 184 g/mol. The van der Waals surface area contributed by atoms with Crippen molar-refractivity contribution in [2.45, 2.75) is 6.92 Å². The van der Waals surface area contributed by atoms with Crippen LogP contribution >= 0.6 is 0 Å². The third-order valence-corrected chi connectivity index (χ3v) is 2.13. The molecule has 13 heavy (non-hydrogen) atoms. The molecule has 4 heteroatoms. The molecule has 1 atom stereocenters. The average Bonchev–Trinajstić information content (AvgIpc) is 2.13. The Bertz CT molecular complexity index is 269. The fraction of sp³-hybridized carbons (Fsp3) is 0.556. The summed E-state index contributed by atoms with van der Waals surface area (Å²) in [5, 5.41) is 0. The molecule has 0 aromatic carbocycles. The topological polar surface area (TPSA) is 52.6 Å². The Morgan fingerprint density at radius 1 is 1.69 bits per heavy atom. The first kappa shape index (κ1) is 9.92. The minimum absolute atomic E-state index is 0.0670. The maximum atomic E-state index is 11.6. The van der Waals surface area contributed by atoms with Gasteiger partial charge in [0.05, 0.1) is 20.3 Å². The first-order valence-corrected chi connectivity index (χ1v) is 3.91. The van der Waals surface area contributed by atoms with Crippen molar-refractivity contribution in [1.29, 1.82) is 0 Å². The molecule has 1 fully saturated rings. The SMILES string of the molecule is C=C1COCC(C)(C(=O)OC)C1=O. The monoisotopic (exact) mass is 184 g/mol. The van der Waals surface area contributed by atoms with Crippen molar-refractivity contribution in [1.82, 2.24) is 0 Å². The summed E-state index contributed by atoms with van der Waals surface area (Å²) in [6.07, 6.45) is 0. The van der Waals surface area contributed by atoms with Crippen LogP contribution in [-0.4, -0.2) is 32.1 Å². The molecule has 1 aliphatic heterocycles. The Kier molecular flexibility index (Phi) is 2.52. The summed E-state index contributed by atoms with van der Waals surface area (Å²) in [4.78, 5) is 22.8. The van der Waals surface area contributed by atoms with Crippen molar-refractivity contribution in [3.05, 3.63) is 12.2 Å². The van der Waals surface area contributed by atoms with E-state index in [4.69, 9.17) is 4.74 Å². The highest BCUT2D eigenvalue weighted by molar-refractivity contribution is 6.12. The zero-order chi connectivity index (χ0) is 10.1. The van der Waals surface area contributed by atoms with Gasteiger partial charge >= 0.3 is 5.97 Å². The van der Waals surface area contributed by atoms with Crippen LogP contribution in [0.3, 0.4) is 0 Å². The highest BCUT2D eigenvalue weighted by Crippen LogP contribution is 2.27. The Balaban J connectivity index is 2.94. The highest BCUT2D eigenvalue weighted by Gasteiger charge is 2.45. The van der Waals surface area contributed by atoms with Gasteiger partial charge in [0.2, 0.25) is 0 Å². The number of ketones is 1. The molecule has 72 valence electrons. The van der Waals surface area contributed by atoms with Crippen LogP contribution < -0.4 is 0 Å². The summed E-state index contributed by atoms with van der Waals surface area (Å²) in [6.45, 7) is 5.30. The number of methoxy groups -OCH3 is 1. The number of esters is 1. The van der Waals surface area contributed by atoms with Crippen LogP contribution in [0.2, 0.25) is 0 Å². The van der Waals surface area contributed by atoms with Gasteiger partial charge in [-0.15, -0.1) is 0 Å². The lowest BCUT2D eigenvalue weighted by Gasteiger charge is -2.29. The minimum atomic E-state index is -1.20. The molecule has 0 aromatic rings. The van der Waals surface area contributed by atoms with Crippen LogP contribution in [0.4, 0.5) is 0 Å². The van der Waals surface area contributed by atoms with Crippen molar-refractivity contribution in [3.8, 4) is 0 Å². The predicted molar refractivity (Wildman–Crippen MR) is 45.1 cm³/mol. The van der Waals surface area contributed by atoms with Crippen molar-refractivity contribution in [3.63, 3.8) is 0 Å². The first-order valence-electron chi connectivity index (χ1n) is 3.91. The van der Waals surface area contributed by atoms with Gasteiger partial charge in [-0.25, -0.2) is 0 Å². The van der Waals surface area contributed by atoms with E-state index in [9.17, 15) is 9.59 Å². The van der Waals surface area contributed by atoms with Crippen molar-refractivity contribution >= 4 is 11.8 Å². The number of carbonyl (C=O) groups excluding carboxylic acids is 2. The second-order valence-corrected chi connectivity index (χ2v) is 3.25. The van der Waals surface area contributed by atoms with E-state index in [-0.39, 0.29) is 19.0 Å². The number of hydrogen-bond acceptors (Lipinski definition) is 4. The molecule has 1 saturated heterocycles. The lowest BCUT2D eigenvalue weighted by Crippen LogP contribution is -2.46. The Hall–Kier alpha value is -1.16. The fourth-order valence-corrected chi connectivity index (χ4v) is 1.28. The van der Waals surface area contributed by atoms with E-state index in [0.29, 0.717) is 5.57 Å². The van der Waals surface area contributed by atoms with E-state index in [1.165, 1.54) is 14.0 Å². The quantitative estimate of drug-likeness (QED) is 0.334. The van der Waals surface area contributed by atoms with E-state index in [0.717, 1.165) is 0 Å².